The topological polar surface area (TPSA) is 16.1 Å². The van der Waals surface area contributed by atoms with Gasteiger partial charge >= 0.3 is 0 Å². The van der Waals surface area contributed by atoms with Gasteiger partial charge in [-0.05, 0) is 27.9 Å². The zero-order valence-corrected chi connectivity index (χ0v) is 10.6. The largest absolute Gasteiger partial charge is 0.373 e. The second-order valence-corrected chi connectivity index (χ2v) is 4.58. The van der Waals surface area contributed by atoms with E-state index in [-0.39, 0.29) is 0 Å². The van der Waals surface area contributed by atoms with Crippen molar-refractivity contribution in [3.8, 4) is 0 Å². The number of anilines is 1. The van der Waals surface area contributed by atoms with Crippen molar-refractivity contribution in [1.82, 2.24) is 4.98 Å². The Balaban J connectivity index is 2.69. The van der Waals surface area contributed by atoms with E-state index in [9.17, 15) is 0 Å². The first-order chi connectivity index (χ1) is 6.65. The molecule has 0 radical (unpaired) electrons. The first-order valence-corrected chi connectivity index (χ1v) is 5.75. The van der Waals surface area contributed by atoms with Gasteiger partial charge < -0.3 is 4.90 Å². The Morgan fingerprint density at radius 3 is 2.86 bits per heavy atom. The SMILES string of the molecule is CCC(C)CN(C)c1ccncc1Br. The van der Waals surface area contributed by atoms with Crippen LogP contribution in [0, 0.1) is 5.92 Å². The summed E-state index contributed by atoms with van der Waals surface area (Å²) in [5.74, 6) is 0.722. The number of halogens is 1. The van der Waals surface area contributed by atoms with Gasteiger partial charge in [-0.15, -0.1) is 0 Å². The highest BCUT2D eigenvalue weighted by Crippen LogP contribution is 2.24. The van der Waals surface area contributed by atoms with Gasteiger partial charge in [-0.25, -0.2) is 0 Å². The highest BCUT2D eigenvalue weighted by Gasteiger charge is 2.07. The molecule has 1 unspecified atom stereocenters. The molecule has 0 fully saturated rings. The standard InChI is InChI=1S/C11H17BrN2/c1-4-9(2)8-14(3)11-5-6-13-7-10(11)12/h5-7,9H,4,8H2,1-3H3. The molecule has 1 rings (SSSR count). The van der Waals surface area contributed by atoms with Crippen molar-refractivity contribution in [2.45, 2.75) is 20.3 Å². The Morgan fingerprint density at radius 2 is 2.29 bits per heavy atom. The number of aromatic nitrogens is 1. The highest BCUT2D eigenvalue weighted by molar-refractivity contribution is 9.10. The maximum atomic E-state index is 4.05. The third-order valence-corrected chi connectivity index (χ3v) is 3.06. The van der Waals surface area contributed by atoms with Crippen LogP contribution >= 0.6 is 15.9 Å². The molecule has 0 amide bonds. The monoisotopic (exact) mass is 256 g/mol. The van der Waals surface area contributed by atoms with Crippen molar-refractivity contribution in [3.63, 3.8) is 0 Å². The summed E-state index contributed by atoms with van der Waals surface area (Å²) in [7, 11) is 2.12. The summed E-state index contributed by atoms with van der Waals surface area (Å²) in [5, 5.41) is 0. The third kappa shape index (κ3) is 2.98. The minimum absolute atomic E-state index is 0.722. The van der Waals surface area contributed by atoms with Crippen LogP contribution in [-0.4, -0.2) is 18.6 Å². The van der Waals surface area contributed by atoms with Gasteiger partial charge in [0.2, 0.25) is 0 Å². The van der Waals surface area contributed by atoms with E-state index in [1.165, 1.54) is 12.1 Å². The summed E-state index contributed by atoms with van der Waals surface area (Å²) >= 11 is 3.50. The molecule has 0 aliphatic carbocycles. The smallest absolute Gasteiger partial charge is 0.0592 e. The van der Waals surface area contributed by atoms with Crippen molar-refractivity contribution < 1.29 is 0 Å². The van der Waals surface area contributed by atoms with Crippen LogP contribution in [-0.2, 0) is 0 Å². The van der Waals surface area contributed by atoms with Crippen LogP contribution in [0.3, 0.4) is 0 Å². The number of hydrogen-bond donors (Lipinski definition) is 0. The lowest BCUT2D eigenvalue weighted by atomic mass is 10.1. The normalized spacial score (nSPS) is 12.6. The molecule has 1 atom stereocenters. The van der Waals surface area contributed by atoms with E-state index in [2.05, 4.69) is 46.7 Å². The predicted octanol–water partition coefficient (Wildman–Crippen LogP) is 3.33. The Kier molecular flexibility index (Phi) is 4.39. The minimum Gasteiger partial charge on any atom is -0.373 e. The predicted molar refractivity (Wildman–Crippen MR) is 64.7 cm³/mol. The van der Waals surface area contributed by atoms with Gasteiger partial charge in [0, 0.05) is 26.0 Å². The fraction of sp³-hybridized carbons (Fsp3) is 0.545. The number of nitrogens with zero attached hydrogens (tertiary/aromatic N) is 2. The van der Waals surface area contributed by atoms with E-state index in [0.29, 0.717) is 0 Å². The molecule has 1 aromatic heterocycles. The van der Waals surface area contributed by atoms with Crippen molar-refractivity contribution in [2.75, 3.05) is 18.5 Å². The summed E-state index contributed by atoms with van der Waals surface area (Å²) in [5.41, 5.74) is 1.21. The molecular formula is C11H17BrN2. The molecule has 0 aliphatic rings. The first kappa shape index (κ1) is 11.5. The molecule has 14 heavy (non-hydrogen) atoms. The molecule has 0 N–H and O–H groups in total. The molecule has 2 nitrogen and oxygen atoms in total. The molecule has 0 spiro atoms. The first-order valence-electron chi connectivity index (χ1n) is 4.95. The van der Waals surface area contributed by atoms with Crippen molar-refractivity contribution in [2.24, 2.45) is 5.92 Å². The van der Waals surface area contributed by atoms with Gasteiger partial charge in [-0.1, -0.05) is 20.3 Å². The maximum absolute atomic E-state index is 4.05. The lowest BCUT2D eigenvalue weighted by molar-refractivity contribution is 0.559. The van der Waals surface area contributed by atoms with Crippen LogP contribution in [0.5, 0.6) is 0 Å². The van der Waals surface area contributed by atoms with Gasteiger partial charge in [0.1, 0.15) is 0 Å². The van der Waals surface area contributed by atoms with Crippen LogP contribution in [0.15, 0.2) is 22.9 Å². The van der Waals surface area contributed by atoms with Crippen LogP contribution in [0.25, 0.3) is 0 Å². The molecule has 0 saturated heterocycles. The number of pyridine rings is 1. The Morgan fingerprint density at radius 1 is 1.57 bits per heavy atom. The number of rotatable bonds is 4. The minimum atomic E-state index is 0.722. The Labute approximate surface area is 94.5 Å². The fourth-order valence-electron chi connectivity index (χ4n) is 1.37. The molecule has 0 aromatic carbocycles. The fourth-order valence-corrected chi connectivity index (χ4v) is 1.93. The van der Waals surface area contributed by atoms with Crippen molar-refractivity contribution >= 4 is 21.6 Å². The molecule has 0 bridgehead atoms. The average molecular weight is 257 g/mol. The van der Waals surface area contributed by atoms with E-state index >= 15 is 0 Å². The Hall–Kier alpha value is -0.570. The molecule has 1 aromatic rings. The summed E-state index contributed by atoms with van der Waals surface area (Å²) in [6.45, 7) is 5.57. The second kappa shape index (κ2) is 5.35. The second-order valence-electron chi connectivity index (χ2n) is 3.72. The van der Waals surface area contributed by atoms with Crippen LogP contribution in [0.1, 0.15) is 20.3 Å². The quantitative estimate of drug-likeness (QED) is 0.822. The zero-order chi connectivity index (χ0) is 10.6. The van der Waals surface area contributed by atoms with Gasteiger partial charge in [0.15, 0.2) is 0 Å². The molecule has 0 aliphatic heterocycles. The van der Waals surface area contributed by atoms with Gasteiger partial charge in [-0.2, -0.15) is 0 Å². The maximum Gasteiger partial charge on any atom is 0.0592 e. The van der Waals surface area contributed by atoms with Gasteiger partial charge in [0.25, 0.3) is 0 Å². The lowest BCUT2D eigenvalue weighted by Crippen LogP contribution is -2.23. The molecule has 78 valence electrons. The summed E-state index contributed by atoms with van der Waals surface area (Å²) in [4.78, 5) is 6.32. The van der Waals surface area contributed by atoms with Crippen LogP contribution < -0.4 is 4.90 Å². The van der Waals surface area contributed by atoms with Gasteiger partial charge in [0.05, 0.1) is 10.2 Å². The lowest BCUT2D eigenvalue weighted by Gasteiger charge is -2.23. The van der Waals surface area contributed by atoms with E-state index in [4.69, 9.17) is 0 Å². The third-order valence-electron chi connectivity index (χ3n) is 2.44. The van der Waals surface area contributed by atoms with Crippen molar-refractivity contribution in [1.29, 1.82) is 0 Å². The zero-order valence-electron chi connectivity index (χ0n) is 9.00. The molecular weight excluding hydrogens is 240 g/mol. The number of hydrogen-bond acceptors (Lipinski definition) is 2. The van der Waals surface area contributed by atoms with Gasteiger partial charge in [-0.3, -0.25) is 4.98 Å². The highest BCUT2D eigenvalue weighted by atomic mass is 79.9. The molecule has 1 heterocycles. The van der Waals surface area contributed by atoms with Crippen LogP contribution in [0.2, 0.25) is 0 Å². The molecule has 3 heteroatoms. The molecule has 0 saturated carbocycles. The van der Waals surface area contributed by atoms with Crippen LogP contribution in [0.4, 0.5) is 5.69 Å². The Bertz CT molecular complexity index is 288. The summed E-state index contributed by atoms with van der Waals surface area (Å²) < 4.78 is 1.06. The van der Waals surface area contributed by atoms with Crippen molar-refractivity contribution in [3.05, 3.63) is 22.9 Å². The van der Waals surface area contributed by atoms with E-state index in [0.717, 1.165) is 16.9 Å². The summed E-state index contributed by atoms with van der Waals surface area (Å²) in [6.07, 6.45) is 4.88. The average Bonchev–Trinajstić information content (AvgIpc) is 2.18. The van der Waals surface area contributed by atoms with E-state index in [1.807, 2.05) is 18.5 Å². The van der Waals surface area contributed by atoms with E-state index < -0.39 is 0 Å². The van der Waals surface area contributed by atoms with E-state index in [1.54, 1.807) is 0 Å². The summed E-state index contributed by atoms with van der Waals surface area (Å²) in [6, 6.07) is 2.03.